The summed E-state index contributed by atoms with van der Waals surface area (Å²) in [6.07, 6.45) is 5.01. The molecule has 1 fully saturated rings. The van der Waals surface area contributed by atoms with Crippen molar-refractivity contribution < 1.29 is 12.8 Å². The van der Waals surface area contributed by atoms with Gasteiger partial charge in [-0.25, -0.2) is 12.7 Å². The van der Waals surface area contributed by atoms with E-state index >= 15 is 0 Å². The third-order valence-corrected chi connectivity index (χ3v) is 7.01. The van der Waals surface area contributed by atoms with E-state index in [1.54, 1.807) is 6.07 Å². The first-order valence-electron chi connectivity index (χ1n) is 7.81. The quantitative estimate of drug-likeness (QED) is 0.822. The van der Waals surface area contributed by atoms with E-state index in [0.717, 1.165) is 10.1 Å². The van der Waals surface area contributed by atoms with Crippen molar-refractivity contribution in [2.45, 2.75) is 55.5 Å². The van der Waals surface area contributed by atoms with Gasteiger partial charge in [-0.1, -0.05) is 19.8 Å². The van der Waals surface area contributed by atoms with Crippen LogP contribution in [0.5, 0.6) is 0 Å². The molecule has 0 bridgehead atoms. The number of rotatable bonds is 7. The first-order valence-corrected chi connectivity index (χ1v) is 10.3. The first kappa shape index (κ1) is 17.8. The Bertz CT molecular complexity index is 567. The second-order valence-electron chi connectivity index (χ2n) is 5.77. The van der Waals surface area contributed by atoms with Crippen LogP contribution in [0.2, 0.25) is 0 Å². The Morgan fingerprint density at radius 2 is 2.05 bits per heavy atom. The van der Waals surface area contributed by atoms with Gasteiger partial charge in [-0.15, -0.1) is 0 Å². The predicted octanol–water partition coefficient (Wildman–Crippen LogP) is 2.68. The Balaban J connectivity index is 1.96. The number of hydrogen-bond acceptors (Lipinski definition) is 5. The van der Waals surface area contributed by atoms with Crippen LogP contribution in [-0.4, -0.2) is 43.9 Å². The van der Waals surface area contributed by atoms with Crippen molar-refractivity contribution in [2.24, 2.45) is 0 Å². The molecule has 1 aliphatic rings. The van der Waals surface area contributed by atoms with Gasteiger partial charge in [0.2, 0.25) is 5.09 Å². The molecule has 0 aromatic carbocycles. The SMILES string of the molecule is CCS[C@@H]1CCCC[C@@H]1NCc1ccc(S(=O)(=O)N(C)C)o1. The Labute approximate surface area is 137 Å². The highest BCUT2D eigenvalue weighted by molar-refractivity contribution is 7.99. The minimum atomic E-state index is -3.48. The van der Waals surface area contributed by atoms with Crippen molar-refractivity contribution in [1.82, 2.24) is 9.62 Å². The van der Waals surface area contributed by atoms with Gasteiger partial charge in [0.25, 0.3) is 10.0 Å². The average molecular weight is 347 g/mol. The van der Waals surface area contributed by atoms with E-state index in [9.17, 15) is 8.42 Å². The third-order valence-electron chi connectivity index (χ3n) is 3.99. The lowest BCUT2D eigenvalue weighted by atomic mass is 9.95. The fraction of sp³-hybridized carbons (Fsp3) is 0.733. The lowest BCUT2D eigenvalue weighted by Gasteiger charge is -2.31. The van der Waals surface area contributed by atoms with Crippen molar-refractivity contribution in [1.29, 1.82) is 0 Å². The van der Waals surface area contributed by atoms with Crippen molar-refractivity contribution in [2.75, 3.05) is 19.8 Å². The zero-order chi connectivity index (χ0) is 16.2. The predicted molar refractivity (Wildman–Crippen MR) is 90.6 cm³/mol. The smallest absolute Gasteiger partial charge is 0.275 e. The maximum atomic E-state index is 12.0. The molecule has 0 unspecified atom stereocenters. The Morgan fingerprint density at radius 3 is 2.73 bits per heavy atom. The molecule has 5 nitrogen and oxygen atoms in total. The Hall–Kier alpha value is -0.500. The molecule has 2 rings (SSSR count). The molecule has 126 valence electrons. The largest absolute Gasteiger partial charge is 0.447 e. The van der Waals surface area contributed by atoms with Gasteiger partial charge in [0.1, 0.15) is 5.76 Å². The molecular weight excluding hydrogens is 320 g/mol. The lowest BCUT2D eigenvalue weighted by Crippen LogP contribution is -2.40. The molecule has 0 radical (unpaired) electrons. The highest BCUT2D eigenvalue weighted by atomic mass is 32.2. The Morgan fingerprint density at radius 1 is 1.32 bits per heavy atom. The van der Waals surface area contributed by atoms with E-state index < -0.39 is 10.0 Å². The summed E-state index contributed by atoms with van der Waals surface area (Å²) in [5, 5.41) is 4.21. The number of nitrogens with zero attached hydrogens (tertiary/aromatic N) is 1. The van der Waals surface area contributed by atoms with Crippen LogP contribution in [0, 0.1) is 0 Å². The fourth-order valence-electron chi connectivity index (χ4n) is 2.75. The van der Waals surface area contributed by atoms with E-state index in [4.69, 9.17) is 4.42 Å². The van der Waals surface area contributed by atoms with Crippen LogP contribution >= 0.6 is 11.8 Å². The fourth-order valence-corrected chi connectivity index (χ4v) is 4.79. The van der Waals surface area contributed by atoms with Crippen LogP contribution in [0.3, 0.4) is 0 Å². The minimum Gasteiger partial charge on any atom is -0.447 e. The number of sulfonamides is 1. The number of hydrogen-bond donors (Lipinski definition) is 1. The van der Waals surface area contributed by atoms with Gasteiger partial charge < -0.3 is 9.73 Å². The monoisotopic (exact) mass is 346 g/mol. The topological polar surface area (TPSA) is 62.6 Å². The molecule has 7 heteroatoms. The van der Waals surface area contributed by atoms with Gasteiger partial charge in [-0.3, -0.25) is 0 Å². The maximum Gasteiger partial charge on any atom is 0.275 e. The van der Waals surface area contributed by atoms with Gasteiger partial charge in [0.15, 0.2) is 0 Å². The minimum absolute atomic E-state index is 0.0115. The van der Waals surface area contributed by atoms with Crippen molar-refractivity contribution in [3.63, 3.8) is 0 Å². The maximum absolute atomic E-state index is 12.0. The van der Waals surface area contributed by atoms with E-state index in [2.05, 4.69) is 12.2 Å². The molecule has 22 heavy (non-hydrogen) atoms. The van der Waals surface area contributed by atoms with Crippen molar-refractivity contribution in [3.05, 3.63) is 17.9 Å². The molecule has 0 aliphatic heterocycles. The second kappa shape index (κ2) is 7.86. The Kier molecular flexibility index (Phi) is 6.37. The van der Waals surface area contributed by atoms with Gasteiger partial charge in [0, 0.05) is 25.4 Å². The van der Waals surface area contributed by atoms with Gasteiger partial charge in [0.05, 0.1) is 6.54 Å². The standard InChI is InChI=1S/C15H26N2O3S2/c1-4-21-14-8-6-5-7-13(14)16-11-12-9-10-15(20-12)22(18,19)17(2)3/h9-10,13-14,16H,4-8,11H2,1-3H3/t13-,14+/m0/s1. The van der Waals surface area contributed by atoms with Gasteiger partial charge in [-0.2, -0.15) is 11.8 Å². The molecule has 0 spiro atoms. The summed E-state index contributed by atoms with van der Waals surface area (Å²) in [6, 6.07) is 3.76. The molecule has 0 amide bonds. The molecule has 1 aromatic rings. The summed E-state index contributed by atoms with van der Waals surface area (Å²) in [4.78, 5) is 0. The van der Waals surface area contributed by atoms with Crippen LogP contribution in [0.4, 0.5) is 0 Å². The second-order valence-corrected chi connectivity index (χ2v) is 9.37. The van der Waals surface area contributed by atoms with E-state index in [-0.39, 0.29) is 5.09 Å². The van der Waals surface area contributed by atoms with Crippen LogP contribution in [0.1, 0.15) is 38.4 Å². The summed E-state index contributed by atoms with van der Waals surface area (Å²) in [5.74, 6) is 1.81. The van der Waals surface area contributed by atoms with Crippen LogP contribution in [-0.2, 0) is 16.6 Å². The molecule has 1 aliphatic carbocycles. The summed E-state index contributed by atoms with van der Waals surface area (Å²) in [7, 11) is -0.475. The van der Waals surface area contributed by atoms with E-state index in [0.29, 0.717) is 23.6 Å². The van der Waals surface area contributed by atoms with Crippen molar-refractivity contribution >= 4 is 21.8 Å². The summed E-state index contributed by atoms with van der Waals surface area (Å²) >= 11 is 2.01. The molecule has 1 saturated carbocycles. The highest BCUT2D eigenvalue weighted by Gasteiger charge is 2.25. The van der Waals surface area contributed by atoms with Crippen molar-refractivity contribution in [3.8, 4) is 0 Å². The number of nitrogens with one attached hydrogen (secondary N) is 1. The molecule has 1 aromatic heterocycles. The highest BCUT2D eigenvalue weighted by Crippen LogP contribution is 2.29. The third kappa shape index (κ3) is 4.28. The summed E-state index contributed by atoms with van der Waals surface area (Å²) < 4.78 is 30.7. The normalized spacial score (nSPS) is 23.1. The molecular formula is C15H26N2O3S2. The molecule has 0 saturated heterocycles. The van der Waals surface area contributed by atoms with Crippen LogP contribution < -0.4 is 5.32 Å². The van der Waals surface area contributed by atoms with E-state index in [1.807, 2.05) is 11.8 Å². The molecule has 2 atom stereocenters. The molecule has 1 N–H and O–H groups in total. The summed E-state index contributed by atoms with van der Waals surface area (Å²) in [6.45, 7) is 2.77. The lowest BCUT2D eigenvalue weighted by molar-refractivity contribution is 0.346. The van der Waals surface area contributed by atoms with Gasteiger partial charge in [-0.05, 0) is 30.7 Å². The molecule has 1 heterocycles. The van der Waals surface area contributed by atoms with E-state index in [1.165, 1.54) is 45.8 Å². The average Bonchev–Trinajstić information content (AvgIpc) is 2.96. The zero-order valence-electron chi connectivity index (χ0n) is 13.5. The van der Waals surface area contributed by atoms with Crippen LogP contribution in [0.15, 0.2) is 21.6 Å². The van der Waals surface area contributed by atoms with Gasteiger partial charge >= 0.3 is 0 Å². The zero-order valence-corrected chi connectivity index (χ0v) is 15.2. The first-order chi connectivity index (χ1) is 10.4. The summed E-state index contributed by atoms with van der Waals surface area (Å²) in [5.41, 5.74) is 0. The number of thioether (sulfide) groups is 1. The number of furan rings is 1. The van der Waals surface area contributed by atoms with Crippen LogP contribution in [0.25, 0.3) is 0 Å².